The van der Waals surface area contributed by atoms with Crippen LogP contribution in [0.1, 0.15) is 20.8 Å². The van der Waals surface area contributed by atoms with Crippen molar-refractivity contribution in [3.05, 3.63) is 62.5 Å². The predicted octanol–water partition coefficient (Wildman–Crippen LogP) is 2.48. The molecule has 2 fully saturated rings. The molecule has 2 aliphatic carbocycles. The molecule has 0 N–H and O–H groups in total. The quantitative estimate of drug-likeness (QED) is 0.579. The largest absolute Gasteiger partial charge is 2.00 e. The molecule has 4 heteroatoms. The van der Waals surface area contributed by atoms with Crippen LogP contribution in [0, 0.1) is 62.5 Å². The van der Waals surface area contributed by atoms with E-state index in [0.29, 0.717) is 11.2 Å². The molecule has 0 aromatic heterocycles. The molecule has 0 aliphatic heterocycles. The van der Waals surface area contributed by atoms with Crippen LogP contribution in [0.4, 0.5) is 0 Å². The van der Waals surface area contributed by atoms with Crippen LogP contribution in [0.15, 0.2) is 0 Å². The summed E-state index contributed by atoms with van der Waals surface area (Å²) in [6.07, 6.45) is 15.9. The van der Waals surface area contributed by atoms with E-state index < -0.39 is 10.8 Å². The van der Waals surface area contributed by atoms with E-state index in [1.807, 2.05) is 52.9 Å². The number of carbonyl (C=O) groups is 1. The second kappa shape index (κ2) is 9.31. The summed E-state index contributed by atoms with van der Waals surface area (Å²) in [5.74, 6) is 0.535. The fourth-order valence-electron chi connectivity index (χ4n) is 1.33. The summed E-state index contributed by atoms with van der Waals surface area (Å²) in [7, 11) is -1.11. The van der Waals surface area contributed by atoms with E-state index in [0.717, 1.165) is 6.29 Å². The van der Waals surface area contributed by atoms with Gasteiger partial charge in [0.05, 0.1) is 11.2 Å². The van der Waals surface area contributed by atoms with Crippen molar-refractivity contribution in [3.8, 4) is 0 Å². The van der Waals surface area contributed by atoms with Crippen LogP contribution < -0.4 is 0 Å². The van der Waals surface area contributed by atoms with Gasteiger partial charge in [-0.15, -0.1) is 0 Å². The Labute approximate surface area is 131 Å². The number of rotatable bonds is 2. The Morgan fingerprint density at radius 3 is 1.79 bits per heavy atom. The summed E-state index contributed by atoms with van der Waals surface area (Å²) in [5, 5.41) is 0.641. The van der Waals surface area contributed by atoms with Gasteiger partial charge in [0.15, 0.2) is 0 Å². The molecule has 2 saturated carbocycles. The van der Waals surface area contributed by atoms with Crippen molar-refractivity contribution < 1.29 is 26.1 Å². The molecule has 0 spiro atoms. The summed E-state index contributed by atoms with van der Waals surface area (Å²) >= 11 is 0. The molecular weight excluding hydrogens is 300 g/mol. The predicted molar refractivity (Wildman–Crippen MR) is 74.8 cm³/mol. The Morgan fingerprint density at radius 1 is 0.947 bits per heavy atom. The summed E-state index contributed by atoms with van der Waals surface area (Å²) in [4.78, 5) is 10.6. The van der Waals surface area contributed by atoms with Gasteiger partial charge in [0, 0.05) is 15.5 Å². The minimum absolute atomic E-state index is 0. The van der Waals surface area contributed by atoms with Crippen molar-refractivity contribution in [2.75, 3.05) is 0 Å². The van der Waals surface area contributed by atoms with Gasteiger partial charge in [-0.05, 0) is 72.1 Å². The Balaban J connectivity index is 0.000000454. The molecule has 102 valence electrons. The van der Waals surface area contributed by atoms with Gasteiger partial charge in [0.25, 0.3) is 0 Å². The molecule has 1 atom stereocenters. The molecule has 0 aromatic rings. The second-order valence-corrected chi connectivity index (χ2v) is 7.01. The first-order chi connectivity index (χ1) is 8.46. The zero-order chi connectivity index (χ0) is 13.6. The third-order valence-electron chi connectivity index (χ3n) is 2.25. The van der Waals surface area contributed by atoms with E-state index in [4.69, 9.17) is 0 Å². The van der Waals surface area contributed by atoms with E-state index >= 15 is 0 Å². The molecule has 10 radical (unpaired) electrons. The molecule has 0 saturated heterocycles. The first-order valence-corrected chi connectivity index (χ1v) is 6.91. The molecule has 2 aliphatic rings. The molecule has 0 heterocycles. The Bertz CT molecular complexity index is 275. The molecule has 2 rings (SSSR count). The van der Waals surface area contributed by atoms with Crippen molar-refractivity contribution in [3.63, 3.8) is 0 Å². The minimum Gasteiger partial charge on any atom is -0.303 e. The summed E-state index contributed by atoms with van der Waals surface area (Å²) in [5.41, 5.74) is 0. The van der Waals surface area contributed by atoms with Crippen LogP contribution in [0.2, 0.25) is 0 Å². The first-order valence-electron chi connectivity index (χ1n) is 5.76. The smallest absolute Gasteiger partial charge is 0.303 e. The maximum absolute atomic E-state index is 11.9. The molecule has 0 bridgehead atoms. The Morgan fingerprint density at radius 2 is 1.42 bits per heavy atom. The molecule has 19 heavy (non-hydrogen) atoms. The average Bonchev–Trinajstić information content (AvgIpc) is 3.00. The van der Waals surface area contributed by atoms with E-state index in [2.05, 4.69) is 0 Å². The van der Waals surface area contributed by atoms with Gasteiger partial charge in [-0.25, -0.2) is 0 Å². The van der Waals surface area contributed by atoms with E-state index in [1.54, 1.807) is 19.3 Å². The zero-order valence-corrected chi connectivity index (χ0v) is 13.2. The minimum atomic E-state index is -1.11. The van der Waals surface area contributed by atoms with Crippen molar-refractivity contribution in [1.82, 2.24) is 0 Å². The standard InChI is InChI=1S/C10H13O2S.C5H5.Fe/c1-10(2,3)13(12)9-6-4-5-8(9)7-11;1-2-4-5-3-1;/h4-7H,1-3H3;1-5H;/q;;+2/t13-;;/m0../s1. The maximum Gasteiger partial charge on any atom is 2.00 e. The second-order valence-electron chi connectivity index (χ2n) is 4.81. The number of hydrogen-bond acceptors (Lipinski definition) is 2. The Kier molecular flexibility index (Phi) is 9.47. The summed E-state index contributed by atoms with van der Waals surface area (Å²) in [6, 6.07) is 0. The monoisotopic (exact) mass is 318 g/mol. The number of hydrogen-bond donors (Lipinski definition) is 0. The van der Waals surface area contributed by atoms with Crippen LogP contribution in [0.5, 0.6) is 0 Å². The molecule has 0 amide bonds. The van der Waals surface area contributed by atoms with Crippen molar-refractivity contribution >= 4 is 17.1 Å². The zero-order valence-electron chi connectivity index (χ0n) is 11.3. The molecule has 2 nitrogen and oxygen atoms in total. The summed E-state index contributed by atoms with van der Waals surface area (Å²) in [6.45, 7) is 5.68. The van der Waals surface area contributed by atoms with Gasteiger partial charge in [-0.1, -0.05) is 0 Å². The van der Waals surface area contributed by atoms with Crippen molar-refractivity contribution in [2.45, 2.75) is 25.5 Å². The number of aldehydes is 1. The molecule has 0 aromatic carbocycles. The van der Waals surface area contributed by atoms with Crippen molar-refractivity contribution in [2.24, 2.45) is 0 Å². The topological polar surface area (TPSA) is 34.1 Å². The van der Waals surface area contributed by atoms with Crippen LogP contribution in [0.25, 0.3) is 0 Å². The van der Waals surface area contributed by atoms with Gasteiger partial charge in [-0.2, -0.15) is 0 Å². The van der Waals surface area contributed by atoms with Gasteiger partial charge >= 0.3 is 17.1 Å². The fourth-order valence-corrected chi connectivity index (χ4v) is 2.53. The van der Waals surface area contributed by atoms with Gasteiger partial charge in [0.1, 0.15) is 6.29 Å². The van der Waals surface area contributed by atoms with E-state index in [1.165, 1.54) is 0 Å². The number of carbonyl (C=O) groups excluding carboxylic acids is 1. The third kappa shape index (κ3) is 6.55. The van der Waals surface area contributed by atoms with Crippen LogP contribution >= 0.6 is 0 Å². The third-order valence-corrected chi connectivity index (χ3v) is 4.13. The van der Waals surface area contributed by atoms with E-state index in [9.17, 15) is 9.00 Å². The van der Waals surface area contributed by atoms with E-state index in [-0.39, 0.29) is 21.8 Å². The van der Waals surface area contributed by atoms with Gasteiger partial charge in [0.2, 0.25) is 0 Å². The first kappa shape index (κ1) is 19.3. The normalized spacial score (nSPS) is 22.3. The maximum atomic E-state index is 11.9. The van der Waals surface area contributed by atoms with Crippen LogP contribution in [0.3, 0.4) is 0 Å². The van der Waals surface area contributed by atoms with Crippen LogP contribution in [-0.4, -0.2) is 15.2 Å². The fraction of sp³-hybridized carbons (Fsp3) is 0.267. The van der Waals surface area contributed by atoms with Crippen LogP contribution in [-0.2, 0) is 32.7 Å². The Hall–Kier alpha value is 0.339. The van der Waals surface area contributed by atoms with Crippen molar-refractivity contribution in [1.29, 1.82) is 0 Å². The summed E-state index contributed by atoms with van der Waals surface area (Å²) < 4.78 is 11.5. The van der Waals surface area contributed by atoms with Gasteiger partial charge < -0.3 is 4.79 Å². The molecule has 0 unspecified atom stereocenters. The van der Waals surface area contributed by atoms with Gasteiger partial charge in [-0.3, -0.25) is 4.21 Å². The average molecular weight is 318 g/mol. The SMILES string of the molecule is CC(C)(C)[S@@](=O)[C]1[CH][CH][CH][C]1C=O.[CH]1[CH][CH][CH][CH]1.[Fe+2]. The molecular formula is C15H18FeO2S+2.